The molecule has 0 aliphatic heterocycles. The lowest BCUT2D eigenvalue weighted by Crippen LogP contribution is -2.18. The zero-order valence-corrected chi connectivity index (χ0v) is 16.1. The van der Waals surface area contributed by atoms with Crippen molar-refractivity contribution < 1.29 is 23.9 Å². The molecule has 0 atom stereocenters. The van der Waals surface area contributed by atoms with Crippen molar-refractivity contribution in [2.45, 2.75) is 45.4 Å². The second-order valence-electron chi connectivity index (χ2n) is 7.33. The van der Waals surface area contributed by atoms with Gasteiger partial charge >= 0.3 is 5.97 Å². The number of carbonyl (C=O) groups is 3. The number of benzene rings is 1. The molecule has 148 valence electrons. The lowest BCUT2D eigenvalue weighted by Gasteiger charge is -2.15. The molecule has 0 radical (unpaired) electrons. The Morgan fingerprint density at radius 2 is 1.82 bits per heavy atom. The van der Waals surface area contributed by atoms with Crippen LogP contribution in [0.5, 0.6) is 0 Å². The van der Waals surface area contributed by atoms with E-state index in [0.717, 1.165) is 25.7 Å². The van der Waals surface area contributed by atoms with Gasteiger partial charge in [0.25, 0.3) is 11.7 Å². The van der Waals surface area contributed by atoms with E-state index in [2.05, 4.69) is 5.32 Å². The fraction of sp³-hybridized carbons (Fsp3) is 0.381. The fourth-order valence-corrected chi connectivity index (χ4v) is 4.15. The summed E-state index contributed by atoms with van der Waals surface area (Å²) in [5.74, 6) is -3.28. The largest absolute Gasteiger partial charge is 0.475 e. The third-order valence-corrected chi connectivity index (χ3v) is 5.48. The highest BCUT2D eigenvalue weighted by molar-refractivity contribution is 6.40. The average Bonchev–Trinajstić information content (AvgIpc) is 3.23. The van der Waals surface area contributed by atoms with Crippen molar-refractivity contribution in [2.24, 2.45) is 7.05 Å². The highest BCUT2D eigenvalue weighted by Crippen LogP contribution is 2.39. The molecule has 1 aliphatic carbocycles. The Morgan fingerprint density at radius 3 is 2.39 bits per heavy atom. The standard InChI is InChI=1S/C21H23FN2O4/c1-11-10-14(8-9-15(11)22)23-20(26)16-12(2)17(19(25)21(27)28)24(3)18(16)13-6-4-5-7-13/h8-10,13H,4-7H2,1-3H3,(H,23,26)(H,27,28). The Labute approximate surface area is 162 Å². The lowest BCUT2D eigenvalue weighted by atomic mass is 9.97. The second kappa shape index (κ2) is 7.58. The first kappa shape index (κ1) is 19.8. The van der Waals surface area contributed by atoms with E-state index in [9.17, 15) is 23.9 Å². The molecule has 3 rings (SSSR count). The summed E-state index contributed by atoms with van der Waals surface area (Å²) in [6.07, 6.45) is 3.81. The first-order valence-corrected chi connectivity index (χ1v) is 9.26. The number of ketones is 1. The van der Waals surface area contributed by atoms with Gasteiger partial charge in [-0.1, -0.05) is 12.8 Å². The minimum absolute atomic E-state index is 0.0230. The van der Waals surface area contributed by atoms with Gasteiger partial charge in [-0.15, -0.1) is 0 Å². The predicted octanol–water partition coefficient (Wildman–Crippen LogP) is 3.96. The van der Waals surface area contributed by atoms with Gasteiger partial charge in [0.1, 0.15) is 11.5 Å². The number of nitrogens with zero attached hydrogens (tertiary/aromatic N) is 1. The van der Waals surface area contributed by atoms with Gasteiger partial charge in [0.2, 0.25) is 0 Å². The number of hydrogen-bond acceptors (Lipinski definition) is 3. The van der Waals surface area contributed by atoms with Crippen LogP contribution in [-0.4, -0.2) is 27.3 Å². The van der Waals surface area contributed by atoms with Crippen molar-refractivity contribution >= 4 is 23.3 Å². The maximum absolute atomic E-state index is 13.5. The van der Waals surface area contributed by atoms with Gasteiger partial charge in [-0.3, -0.25) is 9.59 Å². The van der Waals surface area contributed by atoms with Crippen LogP contribution in [0.15, 0.2) is 18.2 Å². The maximum atomic E-state index is 13.5. The molecule has 1 saturated carbocycles. The summed E-state index contributed by atoms with van der Waals surface area (Å²) >= 11 is 0. The molecule has 1 aliphatic rings. The number of carbonyl (C=O) groups excluding carboxylic acids is 2. The Bertz CT molecular complexity index is 971. The number of halogens is 1. The molecule has 28 heavy (non-hydrogen) atoms. The number of aliphatic carboxylic acids is 1. The number of carboxylic acids is 1. The Hall–Kier alpha value is -2.96. The van der Waals surface area contributed by atoms with E-state index in [0.29, 0.717) is 28.1 Å². The van der Waals surface area contributed by atoms with Crippen molar-refractivity contribution in [3.05, 3.63) is 52.1 Å². The van der Waals surface area contributed by atoms with Crippen LogP contribution in [0.1, 0.15) is 69.3 Å². The first-order valence-electron chi connectivity index (χ1n) is 9.26. The van der Waals surface area contributed by atoms with E-state index < -0.39 is 17.7 Å². The fourth-order valence-electron chi connectivity index (χ4n) is 4.15. The number of aryl methyl sites for hydroxylation is 1. The third kappa shape index (κ3) is 3.44. The molecule has 1 heterocycles. The molecular weight excluding hydrogens is 363 g/mol. The summed E-state index contributed by atoms with van der Waals surface area (Å²) in [6, 6.07) is 4.28. The smallest absolute Gasteiger partial charge is 0.378 e. The number of rotatable bonds is 5. The van der Waals surface area contributed by atoms with E-state index in [1.54, 1.807) is 25.5 Å². The molecule has 1 amide bonds. The summed E-state index contributed by atoms with van der Waals surface area (Å²) in [5.41, 5.74) is 2.25. The van der Waals surface area contributed by atoms with Crippen LogP contribution in [0.2, 0.25) is 0 Å². The van der Waals surface area contributed by atoms with Gasteiger partial charge in [0.15, 0.2) is 0 Å². The highest BCUT2D eigenvalue weighted by Gasteiger charge is 2.33. The minimum atomic E-state index is -1.55. The quantitative estimate of drug-likeness (QED) is 0.601. The summed E-state index contributed by atoms with van der Waals surface area (Å²) < 4.78 is 15.1. The molecule has 1 aromatic carbocycles. The SMILES string of the molecule is Cc1cc(NC(=O)c2c(C)c(C(=O)C(=O)O)n(C)c2C2CCCC2)ccc1F. The number of hydrogen-bond donors (Lipinski definition) is 2. The average molecular weight is 386 g/mol. The monoisotopic (exact) mass is 386 g/mol. The van der Waals surface area contributed by atoms with Crippen molar-refractivity contribution in [1.29, 1.82) is 0 Å². The van der Waals surface area contributed by atoms with Crippen LogP contribution >= 0.6 is 0 Å². The highest BCUT2D eigenvalue weighted by atomic mass is 19.1. The molecule has 2 aromatic rings. The predicted molar refractivity (Wildman–Crippen MR) is 102 cm³/mol. The maximum Gasteiger partial charge on any atom is 0.378 e. The van der Waals surface area contributed by atoms with Gasteiger partial charge in [-0.25, -0.2) is 9.18 Å². The van der Waals surface area contributed by atoms with Gasteiger partial charge in [-0.2, -0.15) is 0 Å². The van der Waals surface area contributed by atoms with Gasteiger partial charge in [0, 0.05) is 24.3 Å². The van der Waals surface area contributed by atoms with Gasteiger partial charge < -0.3 is 15.0 Å². The van der Waals surface area contributed by atoms with Crippen LogP contribution in [0.25, 0.3) is 0 Å². The van der Waals surface area contributed by atoms with E-state index in [1.807, 2.05) is 0 Å². The number of carboxylic acid groups (broad SMARTS) is 1. The molecule has 7 heteroatoms. The van der Waals surface area contributed by atoms with Crippen LogP contribution in [-0.2, 0) is 11.8 Å². The molecule has 6 nitrogen and oxygen atoms in total. The van der Waals surface area contributed by atoms with Crippen LogP contribution in [0.3, 0.4) is 0 Å². The molecular formula is C21H23FN2O4. The van der Waals surface area contributed by atoms with Crippen molar-refractivity contribution in [1.82, 2.24) is 4.57 Å². The molecule has 0 spiro atoms. The Kier molecular flexibility index (Phi) is 5.36. The number of amides is 1. The molecule has 0 bridgehead atoms. The third-order valence-electron chi connectivity index (χ3n) is 5.48. The molecule has 2 N–H and O–H groups in total. The zero-order chi connectivity index (χ0) is 20.6. The summed E-state index contributed by atoms with van der Waals surface area (Å²) in [5, 5.41) is 11.9. The van der Waals surface area contributed by atoms with Crippen molar-refractivity contribution in [2.75, 3.05) is 5.32 Å². The van der Waals surface area contributed by atoms with Crippen molar-refractivity contribution in [3.63, 3.8) is 0 Å². The zero-order valence-electron chi connectivity index (χ0n) is 16.1. The number of nitrogens with one attached hydrogen (secondary N) is 1. The number of Topliss-reactive ketones (excluding diaryl/α,β-unsaturated/α-hetero) is 1. The topological polar surface area (TPSA) is 88.4 Å². The van der Waals surface area contributed by atoms with Crippen LogP contribution < -0.4 is 5.32 Å². The molecule has 1 fully saturated rings. The summed E-state index contributed by atoms with van der Waals surface area (Å²) in [7, 11) is 1.63. The molecule has 0 saturated heterocycles. The normalized spacial score (nSPS) is 14.3. The molecule has 0 unspecified atom stereocenters. The van der Waals surface area contributed by atoms with Gasteiger partial charge in [0.05, 0.1) is 5.56 Å². The first-order chi connectivity index (χ1) is 13.2. The van der Waals surface area contributed by atoms with E-state index >= 15 is 0 Å². The Morgan fingerprint density at radius 1 is 1.18 bits per heavy atom. The van der Waals surface area contributed by atoms with Crippen LogP contribution in [0, 0.1) is 19.7 Å². The molecule has 1 aromatic heterocycles. The van der Waals surface area contributed by atoms with E-state index in [1.165, 1.54) is 18.2 Å². The lowest BCUT2D eigenvalue weighted by molar-refractivity contribution is -0.131. The number of aromatic nitrogens is 1. The van der Waals surface area contributed by atoms with Crippen molar-refractivity contribution in [3.8, 4) is 0 Å². The minimum Gasteiger partial charge on any atom is -0.475 e. The Balaban J connectivity index is 2.08. The summed E-state index contributed by atoms with van der Waals surface area (Å²) in [4.78, 5) is 36.6. The second-order valence-corrected chi connectivity index (χ2v) is 7.33. The van der Waals surface area contributed by atoms with Gasteiger partial charge in [-0.05, 0) is 56.0 Å². The van der Waals surface area contributed by atoms with E-state index in [-0.39, 0.29) is 17.4 Å². The van der Waals surface area contributed by atoms with Crippen LogP contribution in [0.4, 0.5) is 10.1 Å². The summed E-state index contributed by atoms with van der Waals surface area (Å²) in [6.45, 7) is 3.20. The number of anilines is 1. The van der Waals surface area contributed by atoms with E-state index in [4.69, 9.17) is 0 Å².